The summed E-state index contributed by atoms with van der Waals surface area (Å²) in [5.41, 5.74) is 2.06. The van der Waals surface area contributed by atoms with Gasteiger partial charge in [-0.1, -0.05) is 15.9 Å². The zero-order chi connectivity index (χ0) is 21.8. The molecule has 0 radical (unpaired) electrons. The van der Waals surface area contributed by atoms with Crippen LogP contribution in [0, 0.1) is 0 Å². The van der Waals surface area contributed by atoms with Gasteiger partial charge in [-0.05, 0) is 61.4 Å². The van der Waals surface area contributed by atoms with Crippen molar-refractivity contribution in [1.29, 1.82) is 0 Å². The number of esters is 1. The van der Waals surface area contributed by atoms with Crippen LogP contribution in [0.25, 0.3) is 11.0 Å². The second-order valence-corrected chi connectivity index (χ2v) is 8.06. The molecule has 8 heteroatoms. The number of methoxy groups -OCH3 is 1. The summed E-state index contributed by atoms with van der Waals surface area (Å²) in [5.74, 6) is -0.715. The van der Waals surface area contributed by atoms with Crippen LogP contribution in [0.15, 0.2) is 62.4 Å². The van der Waals surface area contributed by atoms with Gasteiger partial charge in [0.15, 0.2) is 0 Å². The van der Waals surface area contributed by atoms with E-state index in [1.165, 1.54) is 7.11 Å². The first-order valence-electron chi connectivity index (χ1n) is 9.90. The van der Waals surface area contributed by atoms with E-state index in [1.807, 2.05) is 18.2 Å². The second-order valence-electron chi connectivity index (χ2n) is 7.14. The maximum Gasteiger partial charge on any atom is 0.337 e. The summed E-state index contributed by atoms with van der Waals surface area (Å²) in [6.45, 7) is 1.16. The average Bonchev–Trinajstić information content (AvgIpc) is 3.31. The fourth-order valence-corrected chi connectivity index (χ4v) is 3.74. The highest BCUT2D eigenvalue weighted by Gasteiger charge is 2.18. The van der Waals surface area contributed by atoms with Gasteiger partial charge in [0.25, 0.3) is 5.91 Å². The number of hydrogen-bond acceptors (Lipinski definition) is 6. The Hall–Kier alpha value is -2.97. The number of ether oxygens (including phenoxy) is 2. The van der Waals surface area contributed by atoms with Crippen LogP contribution < -0.4 is 10.9 Å². The zero-order valence-corrected chi connectivity index (χ0v) is 18.5. The number of carbonyl (C=O) groups excluding carboxylic acids is 2. The molecule has 4 rings (SSSR count). The van der Waals surface area contributed by atoms with Gasteiger partial charge in [0, 0.05) is 23.0 Å². The van der Waals surface area contributed by atoms with E-state index in [-0.39, 0.29) is 17.6 Å². The van der Waals surface area contributed by atoms with Crippen molar-refractivity contribution in [3.8, 4) is 0 Å². The Morgan fingerprint density at radius 2 is 2.00 bits per heavy atom. The minimum absolute atomic E-state index is 0.0294. The predicted octanol–water partition coefficient (Wildman–Crippen LogP) is 4.12. The minimum Gasteiger partial charge on any atom is -0.465 e. The van der Waals surface area contributed by atoms with Gasteiger partial charge in [0.05, 0.1) is 24.5 Å². The van der Waals surface area contributed by atoms with Crippen LogP contribution in [-0.4, -0.2) is 38.2 Å². The molecular formula is C23H21BrN2O5. The number of carbonyl (C=O) groups is 2. The van der Waals surface area contributed by atoms with E-state index in [9.17, 15) is 9.59 Å². The van der Waals surface area contributed by atoms with Gasteiger partial charge < -0.3 is 19.2 Å². The first kappa shape index (κ1) is 21.3. The van der Waals surface area contributed by atoms with Crippen LogP contribution in [0.2, 0.25) is 0 Å². The molecule has 0 spiro atoms. The molecule has 160 valence electrons. The van der Waals surface area contributed by atoms with Gasteiger partial charge in [0.2, 0.25) is 5.55 Å². The Kier molecular flexibility index (Phi) is 6.48. The van der Waals surface area contributed by atoms with E-state index in [0.29, 0.717) is 28.9 Å². The van der Waals surface area contributed by atoms with E-state index in [1.54, 1.807) is 30.3 Å². The molecule has 0 bridgehead atoms. The number of rotatable bonds is 5. The molecule has 1 saturated heterocycles. The normalized spacial score (nSPS) is 16.5. The Balaban J connectivity index is 1.72. The number of nitrogens with zero attached hydrogens (tertiary/aromatic N) is 1. The molecule has 1 fully saturated rings. The van der Waals surface area contributed by atoms with Crippen molar-refractivity contribution in [2.24, 2.45) is 4.99 Å². The quantitative estimate of drug-likeness (QED) is 0.550. The monoisotopic (exact) mass is 484 g/mol. The van der Waals surface area contributed by atoms with Crippen LogP contribution in [-0.2, 0) is 9.47 Å². The highest BCUT2D eigenvalue weighted by molar-refractivity contribution is 9.10. The summed E-state index contributed by atoms with van der Waals surface area (Å²) in [6, 6.07) is 13.9. The maximum atomic E-state index is 13.0. The third kappa shape index (κ3) is 5.03. The summed E-state index contributed by atoms with van der Waals surface area (Å²) >= 11 is 3.45. The number of halogens is 1. The van der Waals surface area contributed by atoms with E-state index in [2.05, 4.69) is 26.2 Å². The first-order valence-corrected chi connectivity index (χ1v) is 10.7. The number of hydrogen-bond donors (Lipinski definition) is 1. The smallest absolute Gasteiger partial charge is 0.337 e. The Morgan fingerprint density at radius 1 is 1.19 bits per heavy atom. The zero-order valence-electron chi connectivity index (χ0n) is 16.9. The van der Waals surface area contributed by atoms with Crippen molar-refractivity contribution in [2.45, 2.75) is 18.9 Å². The minimum atomic E-state index is -0.429. The second kappa shape index (κ2) is 9.45. The summed E-state index contributed by atoms with van der Waals surface area (Å²) in [6.07, 6.45) is 1.96. The lowest BCUT2D eigenvalue weighted by atomic mass is 10.1. The molecule has 0 aliphatic carbocycles. The van der Waals surface area contributed by atoms with Gasteiger partial charge >= 0.3 is 5.97 Å². The fourth-order valence-electron chi connectivity index (χ4n) is 3.36. The molecule has 2 heterocycles. The van der Waals surface area contributed by atoms with E-state index >= 15 is 0 Å². The van der Waals surface area contributed by atoms with Gasteiger partial charge in [-0.25, -0.2) is 9.79 Å². The van der Waals surface area contributed by atoms with Crippen LogP contribution in [0.4, 0.5) is 5.69 Å². The molecule has 1 aromatic heterocycles. The van der Waals surface area contributed by atoms with Gasteiger partial charge in [-0.2, -0.15) is 0 Å². The summed E-state index contributed by atoms with van der Waals surface area (Å²) < 4.78 is 17.2. The molecule has 1 aliphatic heterocycles. The number of nitrogens with one attached hydrogen (secondary N) is 1. The molecule has 1 unspecified atom stereocenters. The molecule has 1 amide bonds. The molecule has 2 aromatic carbocycles. The number of amides is 1. The van der Waals surface area contributed by atoms with Gasteiger partial charge in [0.1, 0.15) is 11.1 Å². The summed E-state index contributed by atoms with van der Waals surface area (Å²) in [7, 11) is 1.33. The van der Waals surface area contributed by atoms with Crippen LogP contribution >= 0.6 is 15.9 Å². The van der Waals surface area contributed by atoms with E-state index in [0.717, 1.165) is 29.3 Å². The van der Waals surface area contributed by atoms with Gasteiger partial charge in [-0.3, -0.25) is 4.79 Å². The van der Waals surface area contributed by atoms with Crippen molar-refractivity contribution in [3.63, 3.8) is 0 Å². The third-order valence-electron chi connectivity index (χ3n) is 4.99. The average molecular weight is 485 g/mol. The van der Waals surface area contributed by atoms with Gasteiger partial charge in [-0.15, -0.1) is 0 Å². The topological polar surface area (TPSA) is 90.1 Å². The standard InChI is InChI=1S/C23H21BrN2O5/c1-29-23(28)14-4-7-17(8-5-14)26-22-19(21(27)25-13-18-3-2-10-30-18)12-15-11-16(24)6-9-20(15)31-22/h4-9,11-12,18H,2-3,10,13H2,1H3,(H,25,27). The van der Waals surface area contributed by atoms with Crippen molar-refractivity contribution in [2.75, 3.05) is 20.3 Å². The third-order valence-corrected chi connectivity index (χ3v) is 5.48. The molecular weight excluding hydrogens is 464 g/mol. The molecule has 31 heavy (non-hydrogen) atoms. The van der Waals surface area contributed by atoms with Crippen LogP contribution in [0.5, 0.6) is 0 Å². The number of benzene rings is 2. The molecule has 1 atom stereocenters. The predicted molar refractivity (Wildman–Crippen MR) is 118 cm³/mol. The molecule has 1 aliphatic rings. The Morgan fingerprint density at radius 3 is 2.71 bits per heavy atom. The van der Waals surface area contributed by atoms with E-state index < -0.39 is 5.97 Å². The Labute approximate surface area is 187 Å². The summed E-state index contributed by atoms with van der Waals surface area (Å²) in [4.78, 5) is 29.1. The maximum absolute atomic E-state index is 13.0. The largest absolute Gasteiger partial charge is 0.465 e. The van der Waals surface area contributed by atoms with Crippen molar-refractivity contribution < 1.29 is 23.5 Å². The highest BCUT2D eigenvalue weighted by atomic mass is 79.9. The van der Waals surface area contributed by atoms with E-state index in [4.69, 9.17) is 13.9 Å². The highest BCUT2D eigenvalue weighted by Crippen LogP contribution is 2.20. The number of fused-ring (bicyclic) bond motifs is 1. The lowest BCUT2D eigenvalue weighted by molar-refractivity contribution is 0.0600. The molecule has 3 aromatic rings. The SMILES string of the molecule is COC(=O)c1ccc(N=c2oc3ccc(Br)cc3cc2C(=O)NCC2CCCO2)cc1. The molecule has 1 N–H and O–H groups in total. The van der Waals surface area contributed by atoms with Crippen LogP contribution in [0.3, 0.4) is 0 Å². The van der Waals surface area contributed by atoms with Crippen LogP contribution in [0.1, 0.15) is 33.6 Å². The van der Waals surface area contributed by atoms with Crippen molar-refractivity contribution >= 4 is 44.5 Å². The lowest BCUT2D eigenvalue weighted by Gasteiger charge is -2.11. The molecule has 7 nitrogen and oxygen atoms in total. The fraction of sp³-hybridized carbons (Fsp3) is 0.261. The van der Waals surface area contributed by atoms with Crippen molar-refractivity contribution in [3.05, 3.63) is 69.7 Å². The molecule has 0 saturated carbocycles. The Bertz CT molecular complexity index is 1180. The first-order chi connectivity index (χ1) is 15.0. The summed E-state index contributed by atoms with van der Waals surface area (Å²) in [5, 5.41) is 3.70. The lowest BCUT2D eigenvalue weighted by Crippen LogP contribution is -2.34. The van der Waals surface area contributed by atoms with Crippen molar-refractivity contribution in [1.82, 2.24) is 5.32 Å².